The van der Waals surface area contributed by atoms with E-state index >= 15 is 0 Å². The summed E-state index contributed by atoms with van der Waals surface area (Å²) < 4.78 is 19.0. The molecule has 124 valence electrons. The number of rotatable bonds is 7. The van der Waals surface area contributed by atoms with E-state index in [0.29, 0.717) is 24.8 Å². The molecule has 1 unspecified atom stereocenters. The van der Waals surface area contributed by atoms with E-state index < -0.39 is 0 Å². The van der Waals surface area contributed by atoms with E-state index in [0.717, 1.165) is 12.1 Å². The SMILES string of the molecule is CCC(CNC(=NC)NCc1ccn[nH]1)Oc1cccc(F)c1. The lowest BCUT2D eigenvalue weighted by Gasteiger charge is -2.20. The van der Waals surface area contributed by atoms with Gasteiger partial charge in [-0.2, -0.15) is 5.10 Å². The number of nitrogens with zero attached hydrogens (tertiary/aromatic N) is 2. The maximum atomic E-state index is 13.2. The molecule has 0 aliphatic rings. The third kappa shape index (κ3) is 5.61. The average molecular weight is 319 g/mol. The normalized spacial score (nSPS) is 12.7. The number of aromatic amines is 1. The zero-order valence-corrected chi connectivity index (χ0v) is 13.3. The second kappa shape index (κ2) is 8.77. The molecule has 0 saturated heterocycles. The summed E-state index contributed by atoms with van der Waals surface area (Å²) in [7, 11) is 1.71. The summed E-state index contributed by atoms with van der Waals surface area (Å²) in [5.41, 5.74) is 0.969. The summed E-state index contributed by atoms with van der Waals surface area (Å²) in [5.74, 6) is 0.891. The van der Waals surface area contributed by atoms with Crippen molar-refractivity contribution in [3.8, 4) is 5.75 Å². The number of hydrogen-bond acceptors (Lipinski definition) is 3. The van der Waals surface area contributed by atoms with Crippen molar-refractivity contribution in [1.82, 2.24) is 20.8 Å². The molecule has 0 saturated carbocycles. The summed E-state index contributed by atoms with van der Waals surface area (Å²) in [6, 6.07) is 8.05. The molecule has 0 spiro atoms. The molecule has 0 aliphatic heterocycles. The Morgan fingerprint density at radius 1 is 1.39 bits per heavy atom. The Bertz CT molecular complexity index is 615. The van der Waals surface area contributed by atoms with Crippen molar-refractivity contribution >= 4 is 5.96 Å². The number of halogens is 1. The molecule has 0 fully saturated rings. The van der Waals surface area contributed by atoms with Gasteiger partial charge in [-0.3, -0.25) is 10.1 Å². The number of ether oxygens (including phenoxy) is 1. The third-order valence-corrected chi connectivity index (χ3v) is 3.28. The molecule has 1 atom stereocenters. The number of aliphatic imine (C=N–C) groups is 1. The fourth-order valence-corrected chi connectivity index (χ4v) is 2.00. The van der Waals surface area contributed by atoms with Gasteiger partial charge in [0.15, 0.2) is 5.96 Å². The number of benzene rings is 1. The van der Waals surface area contributed by atoms with Crippen LogP contribution in [0.4, 0.5) is 4.39 Å². The Morgan fingerprint density at radius 3 is 2.91 bits per heavy atom. The predicted octanol–water partition coefficient (Wildman–Crippen LogP) is 2.07. The van der Waals surface area contributed by atoms with E-state index in [1.165, 1.54) is 12.1 Å². The quantitative estimate of drug-likeness (QED) is 0.539. The lowest BCUT2D eigenvalue weighted by atomic mass is 10.2. The van der Waals surface area contributed by atoms with E-state index in [2.05, 4.69) is 25.8 Å². The first kappa shape index (κ1) is 16.8. The smallest absolute Gasteiger partial charge is 0.191 e. The van der Waals surface area contributed by atoms with Crippen LogP contribution in [0.3, 0.4) is 0 Å². The minimum atomic E-state index is -0.303. The van der Waals surface area contributed by atoms with E-state index in [1.54, 1.807) is 25.4 Å². The molecule has 23 heavy (non-hydrogen) atoms. The van der Waals surface area contributed by atoms with Crippen LogP contribution in [0.15, 0.2) is 41.5 Å². The molecular weight excluding hydrogens is 297 g/mol. The zero-order chi connectivity index (χ0) is 16.5. The van der Waals surface area contributed by atoms with E-state index in [9.17, 15) is 4.39 Å². The maximum Gasteiger partial charge on any atom is 0.191 e. The van der Waals surface area contributed by atoms with Gasteiger partial charge in [0.2, 0.25) is 0 Å². The number of hydrogen-bond donors (Lipinski definition) is 3. The molecule has 1 aromatic heterocycles. The summed E-state index contributed by atoms with van der Waals surface area (Å²) in [5, 5.41) is 13.1. The summed E-state index contributed by atoms with van der Waals surface area (Å²) in [6.45, 7) is 3.18. The Labute approximate surface area is 135 Å². The fourth-order valence-electron chi connectivity index (χ4n) is 2.00. The van der Waals surface area contributed by atoms with Gasteiger partial charge < -0.3 is 15.4 Å². The van der Waals surface area contributed by atoms with Crippen molar-refractivity contribution < 1.29 is 9.13 Å². The van der Waals surface area contributed by atoms with Crippen LogP contribution in [0, 0.1) is 5.82 Å². The predicted molar refractivity (Wildman–Crippen MR) is 87.9 cm³/mol. The van der Waals surface area contributed by atoms with Crippen molar-refractivity contribution in [1.29, 1.82) is 0 Å². The first-order valence-electron chi connectivity index (χ1n) is 7.56. The minimum Gasteiger partial charge on any atom is -0.489 e. The Balaban J connectivity index is 1.81. The third-order valence-electron chi connectivity index (χ3n) is 3.28. The van der Waals surface area contributed by atoms with Crippen molar-refractivity contribution in [2.75, 3.05) is 13.6 Å². The van der Waals surface area contributed by atoms with Crippen LogP contribution in [0.2, 0.25) is 0 Å². The van der Waals surface area contributed by atoms with Crippen molar-refractivity contribution in [3.63, 3.8) is 0 Å². The highest BCUT2D eigenvalue weighted by Crippen LogP contribution is 2.14. The van der Waals surface area contributed by atoms with Gasteiger partial charge in [0.1, 0.15) is 17.7 Å². The van der Waals surface area contributed by atoms with Gasteiger partial charge in [-0.05, 0) is 24.6 Å². The van der Waals surface area contributed by atoms with E-state index in [1.807, 2.05) is 13.0 Å². The number of guanidine groups is 1. The van der Waals surface area contributed by atoms with E-state index in [4.69, 9.17) is 4.74 Å². The van der Waals surface area contributed by atoms with Crippen LogP contribution in [-0.4, -0.2) is 35.9 Å². The standard InChI is InChI=1S/C16H22FN5O/c1-3-14(23-15-6-4-5-12(17)9-15)11-20-16(18-2)19-10-13-7-8-21-22-13/h4-9,14H,3,10-11H2,1-2H3,(H,21,22)(H2,18,19,20). The highest BCUT2D eigenvalue weighted by Gasteiger charge is 2.10. The second-order valence-corrected chi connectivity index (χ2v) is 4.99. The molecular formula is C16H22FN5O. The largest absolute Gasteiger partial charge is 0.489 e. The monoisotopic (exact) mass is 319 g/mol. The number of aromatic nitrogens is 2. The molecule has 1 aromatic carbocycles. The van der Waals surface area contributed by atoms with Crippen LogP contribution in [0.5, 0.6) is 5.75 Å². The highest BCUT2D eigenvalue weighted by molar-refractivity contribution is 5.79. The molecule has 3 N–H and O–H groups in total. The van der Waals surface area contributed by atoms with Crippen LogP contribution in [-0.2, 0) is 6.54 Å². The van der Waals surface area contributed by atoms with Crippen LogP contribution in [0.25, 0.3) is 0 Å². The van der Waals surface area contributed by atoms with Gasteiger partial charge in [-0.25, -0.2) is 4.39 Å². The molecule has 6 nitrogen and oxygen atoms in total. The van der Waals surface area contributed by atoms with Crippen molar-refractivity contribution in [2.45, 2.75) is 26.0 Å². The molecule has 2 rings (SSSR count). The lowest BCUT2D eigenvalue weighted by molar-refractivity contribution is 0.198. The summed E-state index contributed by atoms with van der Waals surface area (Å²) in [6.07, 6.45) is 2.41. The molecule has 0 bridgehead atoms. The highest BCUT2D eigenvalue weighted by atomic mass is 19.1. The molecule has 1 heterocycles. The van der Waals surface area contributed by atoms with Crippen LogP contribution >= 0.6 is 0 Å². The van der Waals surface area contributed by atoms with Gasteiger partial charge in [0.25, 0.3) is 0 Å². The summed E-state index contributed by atoms with van der Waals surface area (Å²) >= 11 is 0. The van der Waals surface area contributed by atoms with E-state index in [-0.39, 0.29) is 11.9 Å². The van der Waals surface area contributed by atoms with Crippen LogP contribution < -0.4 is 15.4 Å². The first-order chi connectivity index (χ1) is 11.2. The van der Waals surface area contributed by atoms with Gasteiger partial charge in [0.05, 0.1) is 18.8 Å². The van der Waals surface area contributed by atoms with Gasteiger partial charge in [-0.1, -0.05) is 13.0 Å². The zero-order valence-electron chi connectivity index (χ0n) is 13.3. The Morgan fingerprint density at radius 2 is 2.26 bits per heavy atom. The second-order valence-electron chi connectivity index (χ2n) is 4.99. The molecule has 2 aromatic rings. The van der Waals surface area contributed by atoms with Crippen LogP contribution in [0.1, 0.15) is 19.0 Å². The molecule has 0 aliphatic carbocycles. The Hall–Kier alpha value is -2.57. The van der Waals surface area contributed by atoms with Crippen molar-refractivity contribution in [2.24, 2.45) is 4.99 Å². The maximum absolute atomic E-state index is 13.2. The number of nitrogens with one attached hydrogen (secondary N) is 3. The van der Waals surface area contributed by atoms with Gasteiger partial charge in [0, 0.05) is 19.3 Å². The first-order valence-corrected chi connectivity index (χ1v) is 7.56. The molecule has 0 amide bonds. The molecule has 0 radical (unpaired) electrons. The average Bonchev–Trinajstić information content (AvgIpc) is 3.07. The summed E-state index contributed by atoms with van der Waals surface area (Å²) in [4.78, 5) is 4.16. The topological polar surface area (TPSA) is 74.3 Å². The van der Waals surface area contributed by atoms with Gasteiger partial charge >= 0.3 is 0 Å². The van der Waals surface area contributed by atoms with Crippen molar-refractivity contribution in [3.05, 3.63) is 48.0 Å². The fraction of sp³-hybridized carbons (Fsp3) is 0.375. The molecule has 7 heteroatoms. The minimum absolute atomic E-state index is 0.0810. The number of H-pyrrole nitrogens is 1. The van der Waals surface area contributed by atoms with Gasteiger partial charge in [-0.15, -0.1) is 0 Å². The lowest BCUT2D eigenvalue weighted by Crippen LogP contribution is -2.42. The Kier molecular flexibility index (Phi) is 6.40.